The van der Waals surface area contributed by atoms with Crippen LogP contribution >= 0.6 is 0 Å². The first-order chi connectivity index (χ1) is 8.00. The van der Waals surface area contributed by atoms with Crippen molar-refractivity contribution in [3.63, 3.8) is 0 Å². The Morgan fingerprint density at radius 3 is 2.82 bits per heavy atom. The third-order valence-electron chi connectivity index (χ3n) is 2.90. The Morgan fingerprint density at radius 1 is 1.65 bits per heavy atom. The van der Waals surface area contributed by atoms with Gasteiger partial charge in [-0.2, -0.15) is 10.4 Å². The zero-order valence-electron chi connectivity index (χ0n) is 11.2. The highest BCUT2D eigenvalue weighted by Gasteiger charge is 2.26. The lowest BCUT2D eigenvalue weighted by Crippen LogP contribution is -2.43. The third-order valence-corrected chi connectivity index (χ3v) is 2.90. The van der Waals surface area contributed by atoms with Crippen molar-refractivity contribution in [2.75, 3.05) is 6.54 Å². The highest BCUT2D eigenvalue weighted by atomic mass is 15.3. The molecule has 0 bridgehead atoms. The zero-order valence-corrected chi connectivity index (χ0v) is 11.2. The number of nitrogens with zero attached hydrogens (tertiary/aromatic N) is 3. The molecule has 0 aliphatic carbocycles. The van der Waals surface area contributed by atoms with E-state index in [9.17, 15) is 5.26 Å². The van der Waals surface area contributed by atoms with Gasteiger partial charge in [0.15, 0.2) is 0 Å². The Morgan fingerprint density at radius 2 is 2.35 bits per heavy atom. The van der Waals surface area contributed by atoms with Crippen LogP contribution in [-0.2, 0) is 0 Å². The molecule has 94 valence electrons. The molecule has 1 rings (SSSR count). The minimum Gasteiger partial charge on any atom is -0.300 e. The molecule has 17 heavy (non-hydrogen) atoms. The molecular formula is C13H22N4. The fourth-order valence-electron chi connectivity index (χ4n) is 1.92. The van der Waals surface area contributed by atoms with Gasteiger partial charge in [-0.05, 0) is 39.3 Å². The van der Waals surface area contributed by atoms with Gasteiger partial charge in [0, 0.05) is 12.6 Å². The standard InChI is InChI=1S/C13H22N4/c1-5-6-15-13(4,10-14)7-12(3)17-9-11(2)8-16-17/h8-9,12,15H,5-7H2,1-4H3. The van der Waals surface area contributed by atoms with Crippen LogP contribution in [0.2, 0.25) is 0 Å². The fourth-order valence-corrected chi connectivity index (χ4v) is 1.92. The maximum absolute atomic E-state index is 9.27. The lowest BCUT2D eigenvalue weighted by molar-refractivity contribution is 0.333. The lowest BCUT2D eigenvalue weighted by Gasteiger charge is -2.26. The van der Waals surface area contributed by atoms with Gasteiger partial charge in [0.25, 0.3) is 0 Å². The summed E-state index contributed by atoms with van der Waals surface area (Å²) >= 11 is 0. The summed E-state index contributed by atoms with van der Waals surface area (Å²) in [6.45, 7) is 9.04. The van der Waals surface area contributed by atoms with E-state index in [-0.39, 0.29) is 6.04 Å². The Labute approximate surface area is 104 Å². The number of aromatic nitrogens is 2. The van der Waals surface area contributed by atoms with Crippen LogP contribution in [-0.4, -0.2) is 21.9 Å². The molecule has 0 saturated heterocycles. The van der Waals surface area contributed by atoms with Crippen molar-refractivity contribution in [3.05, 3.63) is 18.0 Å². The predicted molar refractivity (Wildman–Crippen MR) is 68.6 cm³/mol. The second-order valence-corrected chi connectivity index (χ2v) is 4.92. The number of hydrogen-bond donors (Lipinski definition) is 1. The van der Waals surface area contributed by atoms with Crippen LogP contribution in [0.3, 0.4) is 0 Å². The molecule has 2 unspecified atom stereocenters. The van der Waals surface area contributed by atoms with Gasteiger partial charge in [-0.15, -0.1) is 0 Å². The normalized spacial score (nSPS) is 16.2. The molecule has 0 aliphatic rings. The van der Waals surface area contributed by atoms with Gasteiger partial charge < -0.3 is 0 Å². The minimum atomic E-state index is -0.477. The first kappa shape index (κ1) is 13.7. The Hall–Kier alpha value is -1.34. The molecule has 0 spiro atoms. The molecule has 4 nitrogen and oxygen atoms in total. The van der Waals surface area contributed by atoms with Crippen molar-refractivity contribution in [1.29, 1.82) is 5.26 Å². The summed E-state index contributed by atoms with van der Waals surface area (Å²) in [7, 11) is 0. The molecule has 0 aromatic carbocycles. The number of hydrogen-bond acceptors (Lipinski definition) is 3. The number of nitrogens with one attached hydrogen (secondary N) is 1. The van der Waals surface area contributed by atoms with E-state index in [4.69, 9.17) is 0 Å². The van der Waals surface area contributed by atoms with E-state index < -0.39 is 5.54 Å². The van der Waals surface area contributed by atoms with Crippen LogP contribution in [0.4, 0.5) is 0 Å². The largest absolute Gasteiger partial charge is 0.300 e. The van der Waals surface area contributed by atoms with E-state index in [0.717, 1.165) is 24.9 Å². The Balaban J connectivity index is 2.65. The second-order valence-electron chi connectivity index (χ2n) is 4.92. The summed E-state index contributed by atoms with van der Waals surface area (Å²) in [6.07, 6.45) is 5.65. The van der Waals surface area contributed by atoms with Crippen molar-refractivity contribution < 1.29 is 0 Å². The number of nitriles is 1. The summed E-state index contributed by atoms with van der Waals surface area (Å²) < 4.78 is 1.93. The molecule has 1 heterocycles. The van der Waals surface area contributed by atoms with Gasteiger partial charge in [0.1, 0.15) is 5.54 Å². The molecule has 2 atom stereocenters. The van der Waals surface area contributed by atoms with Crippen LogP contribution in [0.15, 0.2) is 12.4 Å². The number of aryl methyl sites for hydroxylation is 1. The van der Waals surface area contributed by atoms with Crippen LogP contribution < -0.4 is 5.32 Å². The average molecular weight is 234 g/mol. The SMILES string of the molecule is CCCNC(C)(C#N)CC(C)n1cc(C)cn1. The lowest BCUT2D eigenvalue weighted by atomic mass is 9.95. The topological polar surface area (TPSA) is 53.6 Å². The van der Waals surface area contributed by atoms with Crippen LogP contribution in [0.25, 0.3) is 0 Å². The van der Waals surface area contributed by atoms with Gasteiger partial charge in [-0.3, -0.25) is 10.00 Å². The van der Waals surface area contributed by atoms with E-state index >= 15 is 0 Å². The molecule has 4 heteroatoms. The van der Waals surface area contributed by atoms with Crippen molar-refractivity contribution in [2.45, 2.75) is 52.1 Å². The van der Waals surface area contributed by atoms with E-state index in [1.54, 1.807) is 0 Å². The Kier molecular flexibility index (Phi) is 4.71. The highest BCUT2D eigenvalue weighted by Crippen LogP contribution is 2.20. The van der Waals surface area contributed by atoms with Gasteiger partial charge >= 0.3 is 0 Å². The van der Waals surface area contributed by atoms with Crippen molar-refractivity contribution in [3.8, 4) is 6.07 Å². The Bertz CT molecular complexity index is 390. The molecule has 0 radical (unpaired) electrons. The van der Waals surface area contributed by atoms with E-state index in [0.29, 0.717) is 0 Å². The van der Waals surface area contributed by atoms with E-state index in [2.05, 4.69) is 30.3 Å². The molecule has 1 aromatic heterocycles. The summed E-state index contributed by atoms with van der Waals surface area (Å²) in [5, 5.41) is 16.9. The van der Waals surface area contributed by atoms with E-state index in [1.807, 2.05) is 30.9 Å². The first-order valence-electron chi connectivity index (χ1n) is 6.18. The first-order valence-corrected chi connectivity index (χ1v) is 6.18. The maximum atomic E-state index is 9.27. The molecule has 1 aromatic rings. The zero-order chi connectivity index (χ0) is 12.9. The van der Waals surface area contributed by atoms with Crippen LogP contribution in [0, 0.1) is 18.3 Å². The third kappa shape index (κ3) is 3.86. The van der Waals surface area contributed by atoms with Crippen molar-refractivity contribution >= 4 is 0 Å². The van der Waals surface area contributed by atoms with Gasteiger partial charge in [-0.1, -0.05) is 6.92 Å². The summed E-state index contributed by atoms with van der Waals surface area (Å²) in [5.41, 5.74) is 0.673. The molecule has 0 aliphatic heterocycles. The highest BCUT2D eigenvalue weighted by molar-refractivity contribution is 5.06. The average Bonchev–Trinajstić information content (AvgIpc) is 2.73. The van der Waals surface area contributed by atoms with Gasteiger partial charge in [0.2, 0.25) is 0 Å². The van der Waals surface area contributed by atoms with Gasteiger partial charge in [0.05, 0.1) is 18.3 Å². The van der Waals surface area contributed by atoms with Crippen LogP contribution in [0.1, 0.15) is 45.2 Å². The maximum Gasteiger partial charge on any atom is 0.105 e. The predicted octanol–water partition coefficient (Wildman–Crippen LogP) is 2.42. The van der Waals surface area contributed by atoms with Gasteiger partial charge in [-0.25, -0.2) is 0 Å². The summed E-state index contributed by atoms with van der Waals surface area (Å²) in [4.78, 5) is 0. The smallest absolute Gasteiger partial charge is 0.105 e. The van der Waals surface area contributed by atoms with Crippen LogP contribution in [0.5, 0.6) is 0 Å². The fraction of sp³-hybridized carbons (Fsp3) is 0.692. The molecule has 0 amide bonds. The summed E-state index contributed by atoms with van der Waals surface area (Å²) in [6, 6.07) is 2.59. The molecule has 0 fully saturated rings. The second kappa shape index (κ2) is 5.83. The molecular weight excluding hydrogens is 212 g/mol. The van der Waals surface area contributed by atoms with Crippen molar-refractivity contribution in [1.82, 2.24) is 15.1 Å². The summed E-state index contributed by atoms with van der Waals surface area (Å²) in [5.74, 6) is 0. The number of rotatable bonds is 6. The molecule has 1 N–H and O–H groups in total. The van der Waals surface area contributed by atoms with E-state index in [1.165, 1.54) is 0 Å². The monoisotopic (exact) mass is 234 g/mol. The van der Waals surface area contributed by atoms with Crippen molar-refractivity contribution in [2.24, 2.45) is 0 Å². The molecule has 0 saturated carbocycles. The minimum absolute atomic E-state index is 0.220. The quantitative estimate of drug-likeness (QED) is 0.822.